The highest BCUT2D eigenvalue weighted by molar-refractivity contribution is 7.88. The fourth-order valence-corrected chi connectivity index (χ4v) is 4.59. The van der Waals surface area contributed by atoms with E-state index in [2.05, 4.69) is 34.5 Å². The lowest BCUT2D eigenvalue weighted by atomic mass is 9.97. The van der Waals surface area contributed by atoms with Crippen LogP contribution in [-0.4, -0.2) is 57.6 Å². The normalized spacial score (nSPS) is 19.0. The van der Waals surface area contributed by atoms with Crippen molar-refractivity contribution in [2.75, 3.05) is 43.9 Å². The number of amides is 1. The molecule has 2 aliphatic rings. The van der Waals surface area contributed by atoms with Gasteiger partial charge in [-0.1, -0.05) is 18.2 Å². The van der Waals surface area contributed by atoms with Gasteiger partial charge in [-0.05, 0) is 37.3 Å². The third-order valence-electron chi connectivity index (χ3n) is 5.18. The van der Waals surface area contributed by atoms with Crippen LogP contribution in [0.5, 0.6) is 0 Å². The molecule has 1 aromatic carbocycles. The second kappa shape index (κ2) is 7.74. The van der Waals surface area contributed by atoms with Gasteiger partial charge in [0.1, 0.15) is 0 Å². The number of para-hydroxylation sites is 1. The summed E-state index contributed by atoms with van der Waals surface area (Å²) in [5.74, 6) is 0.000450. The zero-order chi connectivity index (χ0) is 17.9. The first-order chi connectivity index (χ1) is 11.9. The number of carbonyl (C=O) groups is 1. The first-order valence-corrected chi connectivity index (χ1v) is 10.9. The minimum atomic E-state index is -3.13. The molecule has 2 aliphatic heterocycles. The van der Waals surface area contributed by atoms with Gasteiger partial charge in [-0.15, -0.1) is 0 Å². The Labute approximate surface area is 150 Å². The Bertz CT molecular complexity index is 712. The fourth-order valence-electron chi connectivity index (χ4n) is 3.71. The maximum absolute atomic E-state index is 12.3. The highest BCUT2D eigenvalue weighted by atomic mass is 32.2. The van der Waals surface area contributed by atoms with Crippen LogP contribution in [0.1, 0.15) is 24.8 Å². The summed E-state index contributed by atoms with van der Waals surface area (Å²) >= 11 is 0. The van der Waals surface area contributed by atoms with Gasteiger partial charge in [0.15, 0.2) is 0 Å². The van der Waals surface area contributed by atoms with E-state index in [0.29, 0.717) is 32.5 Å². The highest BCUT2D eigenvalue weighted by Gasteiger charge is 2.28. The number of rotatable bonds is 6. The van der Waals surface area contributed by atoms with Crippen LogP contribution in [0.15, 0.2) is 24.3 Å². The molecular weight excluding hydrogens is 338 g/mol. The van der Waals surface area contributed by atoms with Crippen LogP contribution >= 0.6 is 0 Å². The standard InChI is InChI=1S/C18H27N3O3S/c1-25(23,24)21-13-8-16(9-14-21)18(22)19-10-4-11-20-12-7-15-5-2-3-6-17(15)20/h2-3,5-6,16H,4,7-14H2,1H3,(H,19,22). The van der Waals surface area contributed by atoms with Crippen molar-refractivity contribution in [1.82, 2.24) is 9.62 Å². The van der Waals surface area contributed by atoms with E-state index in [1.54, 1.807) is 0 Å². The summed E-state index contributed by atoms with van der Waals surface area (Å²) in [5, 5.41) is 3.02. The predicted molar refractivity (Wildman–Crippen MR) is 99.1 cm³/mol. The van der Waals surface area contributed by atoms with Crippen molar-refractivity contribution >= 4 is 21.6 Å². The van der Waals surface area contributed by atoms with Crippen molar-refractivity contribution in [3.8, 4) is 0 Å². The Hall–Kier alpha value is -1.60. The monoisotopic (exact) mass is 365 g/mol. The van der Waals surface area contributed by atoms with Crippen molar-refractivity contribution in [2.24, 2.45) is 5.92 Å². The molecule has 0 unspecified atom stereocenters. The fraction of sp³-hybridized carbons (Fsp3) is 0.611. The second-order valence-electron chi connectivity index (χ2n) is 6.95. The van der Waals surface area contributed by atoms with Gasteiger partial charge < -0.3 is 10.2 Å². The van der Waals surface area contributed by atoms with Gasteiger partial charge in [0.25, 0.3) is 0 Å². The quantitative estimate of drug-likeness (QED) is 0.770. The molecule has 0 saturated carbocycles. The molecule has 6 nitrogen and oxygen atoms in total. The summed E-state index contributed by atoms with van der Waals surface area (Å²) in [6.07, 6.45) is 4.46. The van der Waals surface area contributed by atoms with Gasteiger partial charge in [-0.3, -0.25) is 4.79 Å². The van der Waals surface area contributed by atoms with E-state index in [9.17, 15) is 13.2 Å². The number of hydrogen-bond donors (Lipinski definition) is 1. The van der Waals surface area contributed by atoms with Crippen LogP contribution in [0.25, 0.3) is 0 Å². The largest absolute Gasteiger partial charge is 0.371 e. The number of hydrogen-bond acceptors (Lipinski definition) is 4. The van der Waals surface area contributed by atoms with E-state index in [0.717, 1.165) is 25.9 Å². The lowest BCUT2D eigenvalue weighted by Crippen LogP contribution is -2.43. The molecule has 3 rings (SSSR count). The lowest BCUT2D eigenvalue weighted by Gasteiger charge is -2.29. The van der Waals surface area contributed by atoms with Gasteiger partial charge >= 0.3 is 0 Å². The first kappa shape index (κ1) is 18.2. The summed E-state index contributed by atoms with van der Waals surface area (Å²) in [4.78, 5) is 14.6. The van der Waals surface area contributed by atoms with Crippen LogP contribution in [0.2, 0.25) is 0 Å². The Morgan fingerprint density at radius 3 is 2.64 bits per heavy atom. The molecule has 0 aliphatic carbocycles. The molecule has 7 heteroatoms. The van der Waals surface area contributed by atoms with E-state index in [-0.39, 0.29) is 11.8 Å². The molecule has 0 spiro atoms. The SMILES string of the molecule is CS(=O)(=O)N1CCC(C(=O)NCCCN2CCc3ccccc32)CC1. The third-order valence-corrected chi connectivity index (χ3v) is 6.48. The minimum absolute atomic E-state index is 0.0643. The Balaban J connectivity index is 1.37. The average Bonchev–Trinajstić information content (AvgIpc) is 3.01. The van der Waals surface area contributed by atoms with Crippen molar-refractivity contribution in [2.45, 2.75) is 25.7 Å². The Morgan fingerprint density at radius 2 is 1.92 bits per heavy atom. The molecule has 1 aromatic rings. The Kier molecular flexibility index (Phi) is 5.64. The van der Waals surface area contributed by atoms with Crippen molar-refractivity contribution in [1.29, 1.82) is 0 Å². The summed E-state index contributed by atoms with van der Waals surface area (Å²) in [6.45, 7) is 3.56. The molecule has 1 N–H and O–H groups in total. The van der Waals surface area contributed by atoms with Gasteiger partial charge in [0.05, 0.1) is 6.26 Å². The molecule has 0 aromatic heterocycles. The summed E-state index contributed by atoms with van der Waals surface area (Å²) in [7, 11) is -3.13. The smallest absolute Gasteiger partial charge is 0.223 e. The van der Waals surface area contributed by atoms with Crippen molar-refractivity contribution in [3.63, 3.8) is 0 Å². The van der Waals surface area contributed by atoms with E-state index >= 15 is 0 Å². The highest BCUT2D eigenvalue weighted by Crippen LogP contribution is 2.27. The van der Waals surface area contributed by atoms with Gasteiger partial charge in [0.2, 0.25) is 15.9 Å². The zero-order valence-corrected chi connectivity index (χ0v) is 15.6. The third kappa shape index (κ3) is 4.52. The van der Waals surface area contributed by atoms with Gasteiger partial charge in [-0.2, -0.15) is 0 Å². The summed E-state index contributed by atoms with van der Waals surface area (Å²) < 4.78 is 24.5. The molecule has 0 atom stereocenters. The van der Waals surface area contributed by atoms with Crippen molar-refractivity contribution in [3.05, 3.63) is 29.8 Å². The van der Waals surface area contributed by atoms with Crippen LogP contribution in [0.3, 0.4) is 0 Å². The number of nitrogens with one attached hydrogen (secondary N) is 1. The number of fused-ring (bicyclic) bond motifs is 1. The molecule has 138 valence electrons. The van der Waals surface area contributed by atoms with Crippen LogP contribution < -0.4 is 10.2 Å². The molecule has 1 amide bonds. The van der Waals surface area contributed by atoms with Crippen LogP contribution in [-0.2, 0) is 21.2 Å². The maximum Gasteiger partial charge on any atom is 0.223 e. The Morgan fingerprint density at radius 1 is 1.20 bits per heavy atom. The molecular formula is C18H27N3O3S. The number of benzene rings is 1. The van der Waals surface area contributed by atoms with Gasteiger partial charge in [0, 0.05) is 44.3 Å². The zero-order valence-electron chi connectivity index (χ0n) is 14.8. The number of carbonyl (C=O) groups excluding carboxylic acids is 1. The van der Waals surface area contributed by atoms with Gasteiger partial charge in [-0.25, -0.2) is 12.7 Å². The molecule has 0 radical (unpaired) electrons. The number of anilines is 1. The first-order valence-electron chi connectivity index (χ1n) is 9.01. The topological polar surface area (TPSA) is 69.7 Å². The summed E-state index contributed by atoms with van der Waals surface area (Å²) in [6, 6.07) is 8.50. The molecule has 1 fully saturated rings. The average molecular weight is 365 g/mol. The lowest BCUT2D eigenvalue weighted by molar-refractivity contribution is -0.126. The number of sulfonamides is 1. The molecule has 1 saturated heterocycles. The second-order valence-corrected chi connectivity index (χ2v) is 8.93. The van der Waals surface area contributed by atoms with E-state index in [4.69, 9.17) is 0 Å². The van der Waals surface area contributed by atoms with Crippen LogP contribution in [0, 0.1) is 5.92 Å². The van der Waals surface area contributed by atoms with Crippen molar-refractivity contribution < 1.29 is 13.2 Å². The molecule has 2 heterocycles. The number of piperidine rings is 1. The number of nitrogens with zero attached hydrogens (tertiary/aromatic N) is 2. The van der Waals surface area contributed by atoms with Crippen LogP contribution in [0.4, 0.5) is 5.69 Å². The predicted octanol–water partition coefficient (Wildman–Crippen LogP) is 1.23. The van der Waals surface area contributed by atoms with E-state index in [1.807, 2.05) is 0 Å². The minimum Gasteiger partial charge on any atom is -0.371 e. The maximum atomic E-state index is 12.3. The summed E-state index contributed by atoms with van der Waals surface area (Å²) in [5.41, 5.74) is 2.73. The molecule has 25 heavy (non-hydrogen) atoms. The van der Waals surface area contributed by atoms with E-state index in [1.165, 1.54) is 21.8 Å². The molecule has 0 bridgehead atoms. The van der Waals surface area contributed by atoms with E-state index < -0.39 is 10.0 Å².